The highest BCUT2D eigenvalue weighted by molar-refractivity contribution is 7.57. The van der Waals surface area contributed by atoms with E-state index in [0.29, 0.717) is 0 Å². The van der Waals surface area contributed by atoms with Crippen molar-refractivity contribution in [3.63, 3.8) is 0 Å². The summed E-state index contributed by atoms with van der Waals surface area (Å²) >= 11 is 0. The average molecular weight is 236 g/mol. The van der Waals surface area contributed by atoms with Crippen molar-refractivity contribution in [1.82, 2.24) is 0 Å². The molecule has 0 saturated carbocycles. The fourth-order valence-corrected chi connectivity index (χ4v) is 2.74. The van der Waals surface area contributed by atoms with Gasteiger partial charge in [0.2, 0.25) is 0 Å². The van der Waals surface area contributed by atoms with Gasteiger partial charge in [-0.1, -0.05) is 0 Å². The lowest BCUT2D eigenvalue weighted by Gasteiger charge is -2.19. The van der Waals surface area contributed by atoms with Gasteiger partial charge in [0, 0.05) is 5.82 Å². The topological polar surface area (TPSA) is 55.8 Å². The van der Waals surface area contributed by atoms with Gasteiger partial charge in [0.1, 0.15) is 0 Å². The zero-order valence-electron chi connectivity index (χ0n) is 10.0. The van der Waals surface area contributed by atoms with Gasteiger partial charge in [-0.25, -0.2) is 0 Å². The normalized spacial score (nSPS) is 15.5. The minimum Gasteiger partial charge on any atom is -0.389 e. The summed E-state index contributed by atoms with van der Waals surface area (Å²) in [6.45, 7) is 8.71. The molecule has 15 heavy (non-hydrogen) atoms. The van der Waals surface area contributed by atoms with Gasteiger partial charge in [0.25, 0.3) is 0 Å². The maximum absolute atomic E-state index is 12.1. The van der Waals surface area contributed by atoms with E-state index in [0.717, 1.165) is 0 Å². The largest absolute Gasteiger partial charge is 0.389 e. The molecular formula is C10H21O4P. The van der Waals surface area contributed by atoms with Crippen LogP contribution in [0.1, 0.15) is 34.6 Å². The number of aliphatic hydroxyl groups is 1. The first-order valence-electron chi connectivity index (χ1n) is 5.09. The van der Waals surface area contributed by atoms with E-state index in [1.54, 1.807) is 34.6 Å². The van der Waals surface area contributed by atoms with Crippen LogP contribution in [0.15, 0.2) is 11.9 Å². The fraction of sp³-hybridized carbons (Fsp3) is 0.800. The molecule has 0 saturated heterocycles. The maximum atomic E-state index is 12.1. The van der Waals surface area contributed by atoms with Crippen molar-refractivity contribution >= 4 is 7.60 Å². The number of hydrogen-bond acceptors (Lipinski definition) is 4. The van der Waals surface area contributed by atoms with E-state index in [9.17, 15) is 4.57 Å². The van der Waals surface area contributed by atoms with Crippen LogP contribution in [0.4, 0.5) is 0 Å². The molecule has 5 heteroatoms. The summed E-state index contributed by atoms with van der Waals surface area (Å²) in [6, 6.07) is 0. The van der Waals surface area contributed by atoms with Gasteiger partial charge >= 0.3 is 7.60 Å². The fourth-order valence-electron chi connectivity index (χ4n) is 0.913. The first-order valence-corrected chi connectivity index (χ1v) is 6.70. The Labute approximate surface area is 91.8 Å². The molecular weight excluding hydrogens is 215 g/mol. The number of hydrogen-bond donors (Lipinski definition) is 1. The van der Waals surface area contributed by atoms with Crippen molar-refractivity contribution in [3.8, 4) is 0 Å². The van der Waals surface area contributed by atoms with E-state index in [2.05, 4.69) is 0 Å². The first kappa shape index (κ1) is 14.8. The smallest absolute Gasteiger partial charge is 0.354 e. The van der Waals surface area contributed by atoms with Crippen molar-refractivity contribution < 1.29 is 18.7 Å². The van der Waals surface area contributed by atoms with Crippen LogP contribution < -0.4 is 0 Å². The Morgan fingerprint density at radius 3 is 1.73 bits per heavy atom. The standard InChI is InChI=1S/C10H21O4P/c1-8(2)13-15(12,14-9(3)4)7-6-10(5)11/h6-11H,1-5H3/b7-6+. The van der Waals surface area contributed by atoms with Crippen molar-refractivity contribution in [3.05, 3.63) is 11.9 Å². The number of aliphatic hydroxyl groups excluding tert-OH is 1. The van der Waals surface area contributed by atoms with E-state index >= 15 is 0 Å². The molecule has 1 unspecified atom stereocenters. The Morgan fingerprint density at radius 1 is 1.07 bits per heavy atom. The summed E-state index contributed by atoms with van der Waals surface area (Å²) in [4.78, 5) is 0. The van der Waals surface area contributed by atoms with Crippen LogP contribution >= 0.6 is 7.60 Å². The second-order valence-electron chi connectivity index (χ2n) is 3.93. The Kier molecular flexibility index (Phi) is 6.37. The van der Waals surface area contributed by atoms with Gasteiger partial charge in [-0.15, -0.1) is 0 Å². The summed E-state index contributed by atoms with van der Waals surface area (Å²) in [6.07, 6.45) is 0.372. The SMILES string of the molecule is CC(O)/C=C/P(=O)(OC(C)C)OC(C)C. The van der Waals surface area contributed by atoms with Crippen LogP contribution in [-0.2, 0) is 13.6 Å². The van der Waals surface area contributed by atoms with Crippen LogP contribution in [0.2, 0.25) is 0 Å². The third-order valence-corrected chi connectivity index (χ3v) is 3.23. The van der Waals surface area contributed by atoms with E-state index in [1.807, 2.05) is 0 Å². The maximum Gasteiger partial charge on any atom is 0.354 e. The molecule has 0 heterocycles. The molecule has 0 aliphatic heterocycles. The highest BCUT2D eigenvalue weighted by Gasteiger charge is 2.24. The van der Waals surface area contributed by atoms with E-state index in [-0.39, 0.29) is 12.2 Å². The van der Waals surface area contributed by atoms with Gasteiger partial charge in [0.15, 0.2) is 0 Å². The van der Waals surface area contributed by atoms with Gasteiger partial charge < -0.3 is 14.2 Å². The molecule has 0 amide bonds. The quantitative estimate of drug-likeness (QED) is 0.720. The van der Waals surface area contributed by atoms with Gasteiger partial charge in [0.05, 0.1) is 18.3 Å². The predicted molar refractivity (Wildman–Crippen MR) is 60.9 cm³/mol. The molecule has 0 aromatic heterocycles. The third kappa shape index (κ3) is 7.74. The van der Waals surface area contributed by atoms with E-state index < -0.39 is 13.7 Å². The van der Waals surface area contributed by atoms with Crippen molar-refractivity contribution in [1.29, 1.82) is 0 Å². The van der Waals surface area contributed by atoms with Gasteiger partial charge in [-0.3, -0.25) is 4.57 Å². The average Bonchev–Trinajstić information content (AvgIpc) is 1.97. The van der Waals surface area contributed by atoms with Crippen LogP contribution in [0, 0.1) is 0 Å². The van der Waals surface area contributed by atoms with Gasteiger partial charge in [-0.2, -0.15) is 0 Å². The van der Waals surface area contributed by atoms with Crippen LogP contribution in [0.5, 0.6) is 0 Å². The monoisotopic (exact) mass is 236 g/mol. The summed E-state index contributed by atoms with van der Waals surface area (Å²) in [5.41, 5.74) is 0. The zero-order chi connectivity index (χ0) is 12.1. The summed E-state index contributed by atoms with van der Waals surface area (Å²) < 4.78 is 22.6. The Hall–Kier alpha value is -0.150. The van der Waals surface area contributed by atoms with Crippen molar-refractivity contribution in [2.24, 2.45) is 0 Å². The first-order chi connectivity index (χ1) is 6.75. The molecule has 0 aromatic carbocycles. The molecule has 0 radical (unpaired) electrons. The molecule has 0 spiro atoms. The molecule has 0 aliphatic rings. The molecule has 90 valence electrons. The Balaban J connectivity index is 4.62. The Morgan fingerprint density at radius 2 is 1.47 bits per heavy atom. The molecule has 4 nitrogen and oxygen atoms in total. The number of rotatable bonds is 6. The van der Waals surface area contributed by atoms with E-state index in [1.165, 1.54) is 11.9 Å². The third-order valence-electron chi connectivity index (χ3n) is 1.26. The van der Waals surface area contributed by atoms with Crippen LogP contribution in [0.25, 0.3) is 0 Å². The molecule has 0 rings (SSSR count). The minimum absolute atomic E-state index is 0.187. The van der Waals surface area contributed by atoms with Crippen molar-refractivity contribution in [2.45, 2.75) is 52.9 Å². The second-order valence-corrected chi connectivity index (χ2v) is 5.73. The summed E-state index contributed by atoms with van der Waals surface area (Å²) in [7, 11) is -3.23. The lowest BCUT2D eigenvalue weighted by atomic mass is 10.4. The van der Waals surface area contributed by atoms with E-state index in [4.69, 9.17) is 14.2 Å². The van der Waals surface area contributed by atoms with Crippen LogP contribution in [-0.4, -0.2) is 23.4 Å². The second kappa shape index (κ2) is 6.44. The molecule has 0 aliphatic carbocycles. The Bertz CT molecular complexity index is 232. The molecule has 1 N–H and O–H groups in total. The summed E-state index contributed by atoms with van der Waals surface area (Å²) in [5, 5.41) is 9.06. The lowest BCUT2D eigenvalue weighted by molar-refractivity contribution is 0.149. The van der Waals surface area contributed by atoms with Gasteiger partial charge in [-0.05, 0) is 40.7 Å². The highest BCUT2D eigenvalue weighted by atomic mass is 31.2. The molecule has 0 aromatic rings. The molecule has 1 atom stereocenters. The molecule has 0 bridgehead atoms. The predicted octanol–water partition coefficient (Wildman–Crippen LogP) is 2.92. The summed E-state index contributed by atoms with van der Waals surface area (Å²) in [5.74, 6) is 1.32. The highest BCUT2D eigenvalue weighted by Crippen LogP contribution is 2.52. The van der Waals surface area contributed by atoms with Crippen LogP contribution in [0.3, 0.4) is 0 Å². The molecule has 0 fully saturated rings. The van der Waals surface area contributed by atoms with Crippen molar-refractivity contribution in [2.75, 3.05) is 0 Å². The minimum atomic E-state index is -3.23. The lowest BCUT2D eigenvalue weighted by Crippen LogP contribution is -2.07. The zero-order valence-corrected chi connectivity index (χ0v) is 10.9.